The molecule has 1 rings (SSSR count). The Hall–Kier alpha value is -0.390. The molecule has 0 aliphatic rings. The number of hydrogen-bond acceptors (Lipinski definition) is 2. The average molecular weight is 320 g/mol. The number of rotatable bonds is 5. The normalized spacial score (nSPS) is 13.6. The van der Waals surface area contributed by atoms with Gasteiger partial charge in [0.1, 0.15) is 0 Å². The van der Waals surface area contributed by atoms with Gasteiger partial charge < -0.3 is 0 Å². The lowest BCUT2D eigenvalue weighted by Gasteiger charge is -2.10. The summed E-state index contributed by atoms with van der Waals surface area (Å²) in [5.41, 5.74) is 1.72. The Morgan fingerprint density at radius 2 is 2.00 bits per heavy atom. The molecule has 0 aromatic heterocycles. The lowest BCUT2D eigenvalue weighted by molar-refractivity contribution is 0.578. The van der Waals surface area contributed by atoms with Gasteiger partial charge in [-0.05, 0) is 37.5 Å². The van der Waals surface area contributed by atoms with Crippen molar-refractivity contribution in [2.75, 3.05) is 6.54 Å². The SMILES string of the molecule is Cc1ccc(C)c(S(=O)(=O)NCCC(C)Br)c1. The zero-order valence-corrected chi connectivity index (χ0v) is 12.7. The van der Waals surface area contributed by atoms with Crippen LogP contribution in [0, 0.1) is 13.8 Å². The molecule has 0 fully saturated rings. The molecule has 96 valence electrons. The van der Waals surface area contributed by atoms with E-state index in [1.807, 2.05) is 26.0 Å². The van der Waals surface area contributed by atoms with Crippen LogP contribution in [0.1, 0.15) is 24.5 Å². The number of hydrogen-bond donors (Lipinski definition) is 1. The van der Waals surface area contributed by atoms with E-state index in [0.717, 1.165) is 17.5 Å². The molecule has 5 heteroatoms. The zero-order chi connectivity index (χ0) is 13.1. The van der Waals surface area contributed by atoms with Gasteiger partial charge in [-0.3, -0.25) is 0 Å². The minimum atomic E-state index is -3.38. The summed E-state index contributed by atoms with van der Waals surface area (Å²) < 4.78 is 26.7. The predicted octanol–water partition coefficient (Wildman–Crippen LogP) is 2.76. The van der Waals surface area contributed by atoms with Crippen molar-refractivity contribution in [1.82, 2.24) is 4.72 Å². The van der Waals surface area contributed by atoms with Crippen molar-refractivity contribution >= 4 is 26.0 Å². The van der Waals surface area contributed by atoms with Crippen molar-refractivity contribution in [1.29, 1.82) is 0 Å². The van der Waals surface area contributed by atoms with E-state index in [0.29, 0.717) is 16.3 Å². The van der Waals surface area contributed by atoms with E-state index < -0.39 is 10.0 Å². The van der Waals surface area contributed by atoms with E-state index >= 15 is 0 Å². The Kier molecular flexibility index (Phi) is 5.16. The standard InChI is InChI=1S/C12H18BrNO2S/c1-9-4-5-10(2)12(8-9)17(15,16)14-7-6-11(3)13/h4-5,8,11,14H,6-7H2,1-3H3. The van der Waals surface area contributed by atoms with Crippen LogP contribution < -0.4 is 4.72 Å². The van der Waals surface area contributed by atoms with Gasteiger partial charge in [0.05, 0.1) is 4.90 Å². The molecule has 1 aromatic carbocycles. The highest BCUT2D eigenvalue weighted by Crippen LogP contribution is 2.16. The summed E-state index contributed by atoms with van der Waals surface area (Å²) in [4.78, 5) is 0.684. The van der Waals surface area contributed by atoms with Crippen LogP contribution in [0.25, 0.3) is 0 Å². The van der Waals surface area contributed by atoms with Crippen LogP contribution in [0.3, 0.4) is 0 Å². The molecule has 1 N–H and O–H groups in total. The van der Waals surface area contributed by atoms with Gasteiger partial charge in [0.2, 0.25) is 10.0 Å². The highest BCUT2D eigenvalue weighted by atomic mass is 79.9. The van der Waals surface area contributed by atoms with Crippen molar-refractivity contribution in [2.24, 2.45) is 0 Å². The van der Waals surface area contributed by atoms with Crippen molar-refractivity contribution in [2.45, 2.75) is 36.9 Å². The molecule has 0 amide bonds. The summed E-state index contributed by atoms with van der Waals surface area (Å²) in [6, 6.07) is 5.45. The van der Waals surface area contributed by atoms with E-state index in [2.05, 4.69) is 20.7 Å². The van der Waals surface area contributed by atoms with Gasteiger partial charge in [0.25, 0.3) is 0 Å². The molecular formula is C12H18BrNO2S. The third-order valence-corrected chi connectivity index (χ3v) is 4.53. The first kappa shape index (κ1) is 14.7. The molecule has 1 aromatic rings. The second-order valence-corrected chi connectivity index (χ2v) is 7.53. The number of nitrogens with one attached hydrogen (secondary N) is 1. The van der Waals surface area contributed by atoms with Crippen molar-refractivity contribution in [3.63, 3.8) is 0 Å². The average Bonchev–Trinajstić information content (AvgIpc) is 2.20. The summed E-state index contributed by atoms with van der Waals surface area (Å²) in [5.74, 6) is 0. The fourth-order valence-corrected chi connectivity index (χ4v) is 3.07. The molecule has 0 heterocycles. The number of aryl methyl sites for hydroxylation is 2. The minimum Gasteiger partial charge on any atom is -0.211 e. The summed E-state index contributed by atoms with van der Waals surface area (Å²) >= 11 is 3.39. The van der Waals surface area contributed by atoms with E-state index in [-0.39, 0.29) is 0 Å². The zero-order valence-electron chi connectivity index (χ0n) is 10.3. The van der Waals surface area contributed by atoms with Crippen molar-refractivity contribution in [3.05, 3.63) is 29.3 Å². The lowest BCUT2D eigenvalue weighted by Crippen LogP contribution is -2.26. The topological polar surface area (TPSA) is 46.2 Å². The largest absolute Gasteiger partial charge is 0.240 e. The van der Waals surface area contributed by atoms with Gasteiger partial charge in [0.15, 0.2) is 0 Å². The molecule has 0 aliphatic carbocycles. The molecule has 3 nitrogen and oxygen atoms in total. The van der Waals surface area contributed by atoms with E-state index in [1.165, 1.54) is 0 Å². The summed E-state index contributed by atoms with van der Waals surface area (Å²) in [7, 11) is -3.38. The third kappa shape index (κ3) is 4.41. The molecule has 0 saturated carbocycles. The second-order valence-electron chi connectivity index (χ2n) is 4.24. The van der Waals surface area contributed by atoms with Crippen LogP contribution in [0.15, 0.2) is 23.1 Å². The maximum atomic E-state index is 12.1. The first-order valence-corrected chi connectivity index (χ1v) is 7.94. The second kappa shape index (κ2) is 5.98. The fourth-order valence-electron chi connectivity index (χ4n) is 1.47. The maximum absolute atomic E-state index is 12.1. The highest BCUT2D eigenvalue weighted by molar-refractivity contribution is 9.09. The maximum Gasteiger partial charge on any atom is 0.240 e. The molecule has 1 unspecified atom stereocenters. The molecule has 1 atom stereocenters. The highest BCUT2D eigenvalue weighted by Gasteiger charge is 2.16. The molecule has 0 bridgehead atoms. The van der Waals surface area contributed by atoms with Crippen LogP contribution in [-0.4, -0.2) is 19.8 Å². The molecule has 0 radical (unpaired) electrons. The van der Waals surface area contributed by atoms with Gasteiger partial charge >= 0.3 is 0 Å². The van der Waals surface area contributed by atoms with Gasteiger partial charge in [0, 0.05) is 11.4 Å². The lowest BCUT2D eigenvalue weighted by atomic mass is 10.2. The van der Waals surface area contributed by atoms with E-state index in [1.54, 1.807) is 13.0 Å². The summed E-state index contributed by atoms with van der Waals surface area (Å²) in [5, 5.41) is 0. The molecule has 0 spiro atoms. The molecule has 17 heavy (non-hydrogen) atoms. The van der Waals surface area contributed by atoms with Crippen molar-refractivity contribution in [3.8, 4) is 0 Å². The van der Waals surface area contributed by atoms with E-state index in [9.17, 15) is 8.42 Å². The number of halogens is 1. The molecule has 0 aliphatic heterocycles. The Morgan fingerprint density at radius 1 is 1.35 bits per heavy atom. The van der Waals surface area contributed by atoms with Gasteiger partial charge in [-0.25, -0.2) is 13.1 Å². The Bertz CT molecular complexity index is 483. The van der Waals surface area contributed by atoms with Crippen molar-refractivity contribution < 1.29 is 8.42 Å². The van der Waals surface area contributed by atoms with Crippen LogP contribution in [0.2, 0.25) is 0 Å². The smallest absolute Gasteiger partial charge is 0.211 e. The van der Waals surface area contributed by atoms with Gasteiger partial charge in [-0.15, -0.1) is 0 Å². The van der Waals surface area contributed by atoms with Gasteiger partial charge in [-0.1, -0.05) is 35.0 Å². The summed E-state index contributed by atoms with van der Waals surface area (Å²) in [6.45, 7) is 6.13. The number of sulfonamides is 1. The van der Waals surface area contributed by atoms with Gasteiger partial charge in [-0.2, -0.15) is 0 Å². The Morgan fingerprint density at radius 3 is 2.59 bits per heavy atom. The fraction of sp³-hybridized carbons (Fsp3) is 0.500. The molecular weight excluding hydrogens is 302 g/mol. The Labute approximate surface area is 112 Å². The number of benzene rings is 1. The quantitative estimate of drug-likeness (QED) is 0.848. The Balaban J connectivity index is 2.86. The van der Waals surface area contributed by atoms with E-state index in [4.69, 9.17) is 0 Å². The predicted molar refractivity (Wildman–Crippen MR) is 74.1 cm³/mol. The van der Waals surface area contributed by atoms with Crippen LogP contribution in [-0.2, 0) is 10.0 Å². The number of alkyl halides is 1. The monoisotopic (exact) mass is 319 g/mol. The first-order valence-electron chi connectivity index (χ1n) is 5.54. The minimum absolute atomic E-state index is 0.309. The van der Waals surface area contributed by atoms with Crippen LogP contribution >= 0.6 is 15.9 Å². The molecule has 0 saturated heterocycles. The van der Waals surface area contributed by atoms with Crippen LogP contribution in [0.4, 0.5) is 0 Å². The third-order valence-electron chi connectivity index (χ3n) is 2.47. The van der Waals surface area contributed by atoms with Crippen LogP contribution in [0.5, 0.6) is 0 Å². The summed E-state index contributed by atoms with van der Waals surface area (Å²) in [6.07, 6.45) is 0.768. The first-order chi connectivity index (χ1) is 7.83.